The standard InChI is InChI=1S/C30H24NOS.C15H28O2.Ir/c1-18-14-23-22(10-7-11-26(23)32-18)28-17-24-27(33-28)12-13-31-29(24)20-15-19-8-5-6-9-21(19)25(16-20)30(2,3)4;1-7-14(5,8-2)12(16)11-13(17)15(6,9-3)10-4;/h5-14,16-17H,1-4H3;11,16H,7-10H2,1-6H3;/q-1;;/b;12-11-;. The van der Waals surface area contributed by atoms with E-state index in [0.29, 0.717) is 0 Å². The number of hydrogen-bond donors (Lipinski definition) is 1. The minimum atomic E-state index is -0.337. The molecule has 3 aromatic carbocycles. The van der Waals surface area contributed by atoms with Crippen LogP contribution in [0.4, 0.5) is 0 Å². The fourth-order valence-electron chi connectivity index (χ4n) is 6.37. The van der Waals surface area contributed by atoms with E-state index in [4.69, 9.17) is 9.40 Å². The number of aryl methyl sites for hydroxylation is 1. The van der Waals surface area contributed by atoms with Gasteiger partial charge in [-0.15, -0.1) is 40.5 Å². The van der Waals surface area contributed by atoms with Crippen molar-refractivity contribution >= 4 is 48.9 Å². The van der Waals surface area contributed by atoms with Crippen LogP contribution >= 0.6 is 11.3 Å². The number of nitrogens with zero attached hydrogens (tertiary/aromatic N) is 1. The molecule has 6 heteroatoms. The van der Waals surface area contributed by atoms with Gasteiger partial charge in [0, 0.05) is 69.4 Å². The van der Waals surface area contributed by atoms with Crippen LogP contribution in [0.5, 0.6) is 0 Å². The monoisotopic (exact) mass is 879 g/mol. The van der Waals surface area contributed by atoms with Crippen LogP contribution in [-0.2, 0) is 30.3 Å². The Balaban J connectivity index is 0.000000279. The van der Waals surface area contributed by atoms with Crippen molar-refractivity contribution in [3.05, 3.63) is 102 Å². The molecule has 0 saturated carbocycles. The van der Waals surface area contributed by atoms with Gasteiger partial charge in [-0.3, -0.25) is 9.78 Å². The van der Waals surface area contributed by atoms with Crippen LogP contribution in [0.25, 0.3) is 53.5 Å². The molecule has 0 unspecified atom stereocenters. The molecule has 0 spiro atoms. The van der Waals surface area contributed by atoms with E-state index in [1.54, 1.807) is 11.3 Å². The zero-order valence-electron chi connectivity index (χ0n) is 31.8. The number of fused-ring (bicyclic) bond motifs is 3. The number of pyridine rings is 1. The maximum Gasteiger partial charge on any atom is 0.164 e. The third kappa shape index (κ3) is 8.25. The average Bonchev–Trinajstić information content (AvgIpc) is 3.73. The second-order valence-electron chi connectivity index (χ2n) is 15.1. The van der Waals surface area contributed by atoms with Gasteiger partial charge in [0.05, 0.1) is 0 Å². The van der Waals surface area contributed by atoms with Crippen molar-refractivity contribution in [3.8, 4) is 21.7 Å². The number of carbonyl (C=O) groups excluding carboxylic acids is 1. The molecule has 0 aliphatic rings. The smallest absolute Gasteiger partial charge is 0.164 e. The maximum absolute atomic E-state index is 12.2. The Morgan fingerprint density at radius 2 is 1.51 bits per heavy atom. The third-order valence-electron chi connectivity index (χ3n) is 10.8. The van der Waals surface area contributed by atoms with Crippen LogP contribution in [0.2, 0.25) is 0 Å². The first-order valence-corrected chi connectivity index (χ1v) is 18.8. The second kappa shape index (κ2) is 16.0. The first-order chi connectivity index (χ1) is 23.7. The van der Waals surface area contributed by atoms with Crippen LogP contribution in [0.1, 0.15) is 99.3 Å². The molecule has 1 radical (unpaired) electrons. The van der Waals surface area contributed by atoms with E-state index in [1.165, 1.54) is 37.6 Å². The predicted molar refractivity (Wildman–Crippen MR) is 213 cm³/mol. The molecule has 0 atom stereocenters. The van der Waals surface area contributed by atoms with Crippen molar-refractivity contribution in [2.75, 3.05) is 0 Å². The summed E-state index contributed by atoms with van der Waals surface area (Å²) < 4.78 is 7.10. The van der Waals surface area contributed by atoms with Crippen molar-refractivity contribution in [3.63, 3.8) is 0 Å². The van der Waals surface area contributed by atoms with E-state index in [2.05, 4.69) is 87.5 Å². The van der Waals surface area contributed by atoms with E-state index in [9.17, 15) is 9.90 Å². The Hall–Kier alpha value is -3.57. The molecule has 0 bridgehead atoms. The van der Waals surface area contributed by atoms with Gasteiger partial charge in [0.1, 0.15) is 17.1 Å². The van der Waals surface area contributed by atoms with Crippen LogP contribution in [0.15, 0.2) is 89.2 Å². The fourth-order valence-corrected chi connectivity index (χ4v) is 7.47. The van der Waals surface area contributed by atoms with Crippen molar-refractivity contribution in [1.29, 1.82) is 0 Å². The molecule has 0 aliphatic heterocycles. The maximum atomic E-state index is 12.2. The first-order valence-electron chi connectivity index (χ1n) is 18.0. The first kappa shape index (κ1) is 40.2. The van der Waals surface area contributed by atoms with Crippen molar-refractivity contribution in [2.45, 2.75) is 100 Å². The topological polar surface area (TPSA) is 63.3 Å². The van der Waals surface area contributed by atoms with Crippen LogP contribution in [-0.4, -0.2) is 15.9 Å². The zero-order chi connectivity index (χ0) is 36.4. The molecular weight excluding hydrogens is 827 g/mol. The minimum Gasteiger partial charge on any atom is -0.512 e. The molecule has 0 amide bonds. The molecule has 6 rings (SSSR count). The van der Waals surface area contributed by atoms with Gasteiger partial charge in [-0.2, -0.15) is 0 Å². The minimum absolute atomic E-state index is 0. The van der Waals surface area contributed by atoms with Crippen molar-refractivity contribution in [1.82, 2.24) is 4.98 Å². The normalized spacial score (nSPS) is 12.5. The number of aliphatic hydroxyl groups excluding tert-OH is 1. The van der Waals surface area contributed by atoms with Gasteiger partial charge >= 0.3 is 0 Å². The number of thiophene rings is 1. The Labute approximate surface area is 321 Å². The molecule has 0 fully saturated rings. The third-order valence-corrected chi connectivity index (χ3v) is 12.0. The number of allylic oxidation sites excluding steroid dienone is 2. The van der Waals surface area contributed by atoms with E-state index in [-0.39, 0.29) is 47.9 Å². The number of aliphatic hydroxyl groups is 1. The summed E-state index contributed by atoms with van der Waals surface area (Å²) >= 11 is 1.80. The summed E-state index contributed by atoms with van der Waals surface area (Å²) in [4.78, 5) is 18.2. The van der Waals surface area contributed by atoms with Crippen LogP contribution in [0, 0.1) is 23.8 Å². The number of aromatic nitrogens is 1. The summed E-state index contributed by atoms with van der Waals surface area (Å²) in [6.45, 7) is 20.9. The molecule has 51 heavy (non-hydrogen) atoms. The summed E-state index contributed by atoms with van der Waals surface area (Å²) in [5.74, 6) is 1.22. The van der Waals surface area contributed by atoms with Gasteiger partial charge in [0.15, 0.2) is 5.78 Å². The number of ketones is 1. The Morgan fingerprint density at radius 1 is 0.843 bits per heavy atom. The summed E-state index contributed by atoms with van der Waals surface area (Å²) in [7, 11) is 0. The van der Waals surface area contributed by atoms with E-state index in [0.717, 1.165) is 59.1 Å². The van der Waals surface area contributed by atoms with E-state index in [1.807, 2.05) is 60.7 Å². The van der Waals surface area contributed by atoms with Gasteiger partial charge in [-0.25, -0.2) is 0 Å². The summed E-state index contributed by atoms with van der Waals surface area (Å²) in [5, 5.41) is 14.8. The number of carbonyl (C=O) groups is 1. The Bertz CT molecular complexity index is 2170. The van der Waals surface area contributed by atoms with Gasteiger partial charge < -0.3 is 9.52 Å². The molecule has 3 aromatic heterocycles. The summed E-state index contributed by atoms with van der Waals surface area (Å²) in [6.07, 6.45) is 6.67. The largest absolute Gasteiger partial charge is 0.512 e. The molecule has 3 heterocycles. The predicted octanol–water partition coefficient (Wildman–Crippen LogP) is 13.6. The molecule has 1 N–H and O–H groups in total. The number of hydrogen-bond acceptors (Lipinski definition) is 5. The Morgan fingerprint density at radius 3 is 2.16 bits per heavy atom. The fraction of sp³-hybridized carbons (Fsp3) is 0.378. The van der Waals surface area contributed by atoms with E-state index < -0.39 is 0 Å². The Kier molecular flexibility index (Phi) is 12.6. The SMILES string of the molecule is CCC(C)(CC)C(=O)/C=C(\O)C(C)(CC)CC.Cc1cc2c(-c3cc4c(-c5[c-]c6ccccc6c(C(C)(C)C)c5)nccc4s3)cccc2o1.[Ir]. The molecule has 6 aromatic rings. The van der Waals surface area contributed by atoms with Crippen LogP contribution in [0.3, 0.4) is 0 Å². The van der Waals surface area contributed by atoms with Crippen molar-refractivity contribution in [2.24, 2.45) is 10.8 Å². The van der Waals surface area contributed by atoms with Crippen molar-refractivity contribution < 1.29 is 34.4 Å². The summed E-state index contributed by atoms with van der Waals surface area (Å²) in [6, 6.07) is 27.3. The zero-order valence-corrected chi connectivity index (χ0v) is 35.0. The van der Waals surface area contributed by atoms with Gasteiger partial charge in [-0.05, 0) is 67.7 Å². The molecule has 4 nitrogen and oxygen atoms in total. The van der Waals surface area contributed by atoms with Gasteiger partial charge in [0.2, 0.25) is 0 Å². The van der Waals surface area contributed by atoms with Gasteiger partial charge in [0.25, 0.3) is 0 Å². The van der Waals surface area contributed by atoms with Gasteiger partial charge in [-0.1, -0.05) is 104 Å². The second-order valence-corrected chi connectivity index (χ2v) is 16.2. The number of furan rings is 1. The molecular formula is C45H52IrNO3S-. The quantitative estimate of drug-likeness (QED) is 0.0893. The van der Waals surface area contributed by atoms with E-state index >= 15 is 0 Å². The number of rotatable bonds is 9. The van der Waals surface area contributed by atoms with Crippen LogP contribution < -0.4 is 0 Å². The molecule has 0 saturated heterocycles. The molecule has 0 aliphatic carbocycles. The number of benzene rings is 3. The summed E-state index contributed by atoms with van der Waals surface area (Å²) in [5.41, 5.74) is 4.90. The average molecular weight is 879 g/mol. The molecule has 271 valence electrons.